The molecule has 0 saturated carbocycles. The van der Waals surface area contributed by atoms with Crippen molar-refractivity contribution in [2.24, 2.45) is 0 Å². The van der Waals surface area contributed by atoms with E-state index >= 15 is 0 Å². The van der Waals surface area contributed by atoms with Crippen molar-refractivity contribution in [3.8, 4) is 5.75 Å². The van der Waals surface area contributed by atoms with Gasteiger partial charge in [-0.25, -0.2) is 0 Å². The predicted molar refractivity (Wildman–Crippen MR) is 94.4 cm³/mol. The summed E-state index contributed by atoms with van der Waals surface area (Å²) in [6.45, 7) is 0.0857. The van der Waals surface area contributed by atoms with E-state index in [0.29, 0.717) is 6.54 Å². The van der Waals surface area contributed by atoms with Gasteiger partial charge in [0.25, 0.3) is 5.91 Å². The zero-order valence-electron chi connectivity index (χ0n) is 13.3. The van der Waals surface area contributed by atoms with E-state index in [0.717, 1.165) is 16.3 Å². The monoisotopic (exact) mass is 336 g/mol. The molecule has 126 valence electrons. The Bertz CT molecular complexity index is 924. The fourth-order valence-corrected chi connectivity index (χ4v) is 2.47. The highest BCUT2D eigenvalue weighted by molar-refractivity contribution is 5.83. The van der Waals surface area contributed by atoms with Crippen molar-refractivity contribution in [3.05, 3.63) is 82.4 Å². The van der Waals surface area contributed by atoms with Gasteiger partial charge in [0.15, 0.2) is 12.4 Å². The lowest BCUT2D eigenvalue weighted by Gasteiger charge is -2.08. The number of amides is 1. The van der Waals surface area contributed by atoms with E-state index in [-0.39, 0.29) is 24.0 Å². The van der Waals surface area contributed by atoms with Gasteiger partial charge in [-0.15, -0.1) is 0 Å². The van der Waals surface area contributed by atoms with Crippen LogP contribution in [-0.2, 0) is 11.3 Å². The zero-order chi connectivity index (χ0) is 17.6. The molecular weight excluding hydrogens is 320 g/mol. The molecule has 0 saturated heterocycles. The third kappa shape index (κ3) is 4.11. The van der Waals surface area contributed by atoms with Crippen LogP contribution in [0.25, 0.3) is 10.8 Å². The number of carbonyl (C=O) groups is 1. The summed E-state index contributed by atoms with van der Waals surface area (Å²) in [4.78, 5) is 22.3. The lowest BCUT2D eigenvalue weighted by atomic mass is 10.1. The molecule has 0 aliphatic carbocycles. The first kappa shape index (κ1) is 16.4. The molecule has 0 bridgehead atoms. The largest absolute Gasteiger partial charge is 0.477 e. The molecule has 1 N–H and O–H groups in total. The molecule has 3 aromatic rings. The van der Waals surface area contributed by atoms with Gasteiger partial charge >= 0.3 is 5.69 Å². The second-order valence-corrected chi connectivity index (χ2v) is 5.47. The first-order valence-electron chi connectivity index (χ1n) is 7.74. The van der Waals surface area contributed by atoms with Crippen LogP contribution in [0.3, 0.4) is 0 Å². The summed E-state index contributed by atoms with van der Waals surface area (Å²) in [5.41, 5.74) is 0.808. The molecule has 0 unspecified atom stereocenters. The van der Waals surface area contributed by atoms with E-state index in [1.807, 2.05) is 42.5 Å². The second-order valence-electron chi connectivity index (χ2n) is 5.47. The van der Waals surface area contributed by atoms with E-state index in [1.54, 1.807) is 12.1 Å². The first-order valence-corrected chi connectivity index (χ1v) is 7.74. The number of nitro benzene ring substituents is 1. The molecule has 6 nitrogen and oxygen atoms in total. The number of nitrogens with zero attached hydrogens (tertiary/aromatic N) is 1. The van der Waals surface area contributed by atoms with Crippen LogP contribution in [0.2, 0.25) is 0 Å². The van der Waals surface area contributed by atoms with Gasteiger partial charge in [-0.1, -0.05) is 48.5 Å². The number of hydrogen-bond acceptors (Lipinski definition) is 4. The summed E-state index contributed by atoms with van der Waals surface area (Å²) in [5.74, 6) is -0.264. The van der Waals surface area contributed by atoms with Gasteiger partial charge in [0.05, 0.1) is 4.92 Å². The summed E-state index contributed by atoms with van der Waals surface area (Å²) in [6.07, 6.45) is 0. The van der Waals surface area contributed by atoms with Crippen LogP contribution in [0.4, 0.5) is 5.69 Å². The number of para-hydroxylation sites is 2. The maximum absolute atomic E-state index is 11.9. The number of benzene rings is 3. The highest BCUT2D eigenvalue weighted by Gasteiger charge is 2.14. The first-order chi connectivity index (χ1) is 12.1. The molecule has 0 heterocycles. The summed E-state index contributed by atoms with van der Waals surface area (Å²) in [7, 11) is 0. The van der Waals surface area contributed by atoms with Crippen LogP contribution in [0.5, 0.6) is 5.75 Å². The lowest BCUT2D eigenvalue weighted by molar-refractivity contribution is -0.385. The number of ether oxygens (including phenoxy) is 1. The van der Waals surface area contributed by atoms with Crippen molar-refractivity contribution in [1.29, 1.82) is 0 Å². The molecular formula is C19H16N2O4. The van der Waals surface area contributed by atoms with Gasteiger partial charge in [-0.3, -0.25) is 14.9 Å². The van der Waals surface area contributed by atoms with Crippen molar-refractivity contribution in [3.63, 3.8) is 0 Å². The van der Waals surface area contributed by atoms with E-state index in [1.165, 1.54) is 12.1 Å². The molecule has 0 aromatic heterocycles. The average Bonchev–Trinajstić information content (AvgIpc) is 2.64. The van der Waals surface area contributed by atoms with Crippen molar-refractivity contribution < 1.29 is 14.5 Å². The molecule has 0 spiro atoms. The van der Waals surface area contributed by atoms with Gasteiger partial charge in [-0.05, 0) is 28.5 Å². The van der Waals surface area contributed by atoms with E-state index in [4.69, 9.17) is 4.74 Å². The Morgan fingerprint density at radius 1 is 1.00 bits per heavy atom. The maximum atomic E-state index is 11.9. The molecule has 0 atom stereocenters. The Kier molecular flexibility index (Phi) is 4.89. The number of rotatable bonds is 6. The normalized spacial score (nSPS) is 10.4. The average molecular weight is 336 g/mol. The van der Waals surface area contributed by atoms with Crippen LogP contribution in [-0.4, -0.2) is 17.4 Å². The minimum atomic E-state index is -0.539. The van der Waals surface area contributed by atoms with Crippen LogP contribution in [0, 0.1) is 10.1 Å². The third-order valence-electron chi connectivity index (χ3n) is 3.72. The number of fused-ring (bicyclic) bond motifs is 1. The summed E-state index contributed by atoms with van der Waals surface area (Å²) >= 11 is 0. The van der Waals surface area contributed by atoms with Crippen molar-refractivity contribution in [2.45, 2.75) is 6.54 Å². The lowest BCUT2D eigenvalue weighted by Crippen LogP contribution is -2.28. The SMILES string of the molecule is O=C(COc1ccccc1[N+](=O)[O-])NCc1ccc2ccccc2c1. The maximum Gasteiger partial charge on any atom is 0.310 e. The van der Waals surface area contributed by atoms with Gasteiger partial charge in [0, 0.05) is 12.6 Å². The van der Waals surface area contributed by atoms with E-state index in [9.17, 15) is 14.9 Å². The van der Waals surface area contributed by atoms with Crippen LogP contribution < -0.4 is 10.1 Å². The van der Waals surface area contributed by atoms with Crippen molar-refractivity contribution in [1.82, 2.24) is 5.32 Å². The van der Waals surface area contributed by atoms with Crippen molar-refractivity contribution >= 4 is 22.4 Å². The number of nitrogens with one attached hydrogen (secondary N) is 1. The third-order valence-corrected chi connectivity index (χ3v) is 3.72. The molecule has 6 heteroatoms. The molecule has 0 aliphatic heterocycles. The van der Waals surface area contributed by atoms with Crippen LogP contribution in [0.15, 0.2) is 66.7 Å². The zero-order valence-corrected chi connectivity index (χ0v) is 13.3. The van der Waals surface area contributed by atoms with E-state index < -0.39 is 4.92 Å². The molecule has 3 aromatic carbocycles. The summed E-state index contributed by atoms with van der Waals surface area (Å²) in [5, 5.41) is 15.9. The Labute approximate surface area is 144 Å². The Balaban J connectivity index is 1.57. The van der Waals surface area contributed by atoms with Gasteiger partial charge in [0.2, 0.25) is 0 Å². The molecule has 25 heavy (non-hydrogen) atoms. The number of carbonyl (C=O) groups excluding carboxylic acids is 1. The molecule has 0 radical (unpaired) electrons. The predicted octanol–water partition coefficient (Wildman–Crippen LogP) is 3.44. The smallest absolute Gasteiger partial charge is 0.310 e. The second kappa shape index (κ2) is 7.44. The number of hydrogen-bond donors (Lipinski definition) is 1. The minimum absolute atomic E-state index is 0.0772. The van der Waals surface area contributed by atoms with E-state index in [2.05, 4.69) is 5.32 Å². The summed E-state index contributed by atoms with van der Waals surface area (Å²) in [6, 6.07) is 19.9. The molecule has 0 aliphatic rings. The standard InChI is InChI=1S/C19H16N2O4/c22-19(13-25-18-8-4-3-7-17(18)21(23)24)20-12-14-9-10-15-5-1-2-6-16(15)11-14/h1-11H,12-13H2,(H,20,22). The van der Waals surface area contributed by atoms with Crippen LogP contribution >= 0.6 is 0 Å². The molecule has 3 rings (SSSR count). The Morgan fingerprint density at radius 3 is 2.52 bits per heavy atom. The molecule has 0 fully saturated rings. The van der Waals surface area contributed by atoms with Crippen LogP contribution in [0.1, 0.15) is 5.56 Å². The van der Waals surface area contributed by atoms with Gasteiger partial charge < -0.3 is 10.1 Å². The summed E-state index contributed by atoms with van der Waals surface area (Å²) < 4.78 is 5.27. The van der Waals surface area contributed by atoms with Gasteiger partial charge in [0.1, 0.15) is 0 Å². The fourth-order valence-electron chi connectivity index (χ4n) is 2.47. The fraction of sp³-hybridized carbons (Fsp3) is 0.105. The number of nitro groups is 1. The van der Waals surface area contributed by atoms with Gasteiger partial charge in [-0.2, -0.15) is 0 Å². The topological polar surface area (TPSA) is 81.5 Å². The highest BCUT2D eigenvalue weighted by Crippen LogP contribution is 2.25. The highest BCUT2D eigenvalue weighted by atomic mass is 16.6. The Hall–Kier alpha value is -3.41. The van der Waals surface area contributed by atoms with Crippen molar-refractivity contribution in [2.75, 3.05) is 6.61 Å². The molecule has 1 amide bonds. The minimum Gasteiger partial charge on any atom is -0.477 e. The quantitative estimate of drug-likeness (QED) is 0.552. The Morgan fingerprint density at radius 2 is 1.72 bits per heavy atom.